The number of para-hydroxylation sites is 1. The fourth-order valence-corrected chi connectivity index (χ4v) is 2.84. The number of hydrogen-bond donors (Lipinski definition) is 1. The second kappa shape index (κ2) is 7.36. The van der Waals surface area contributed by atoms with E-state index in [2.05, 4.69) is 31.2 Å². The van der Waals surface area contributed by atoms with Gasteiger partial charge in [-0.15, -0.1) is 11.8 Å². The maximum Gasteiger partial charge on any atom is 0.122 e. The van der Waals surface area contributed by atoms with Crippen LogP contribution in [0.2, 0.25) is 0 Å². The number of thioether (sulfide) groups is 1. The lowest BCUT2D eigenvalue weighted by molar-refractivity contribution is 0.199. The zero-order valence-electron chi connectivity index (χ0n) is 11.9. The van der Waals surface area contributed by atoms with E-state index in [1.807, 2.05) is 24.3 Å². The van der Waals surface area contributed by atoms with E-state index in [1.165, 1.54) is 10.5 Å². The van der Waals surface area contributed by atoms with Gasteiger partial charge in [0.05, 0.1) is 13.2 Å². The number of hydrogen-bond acceptors (Lipinski definition) is 3. The molecule has 2 aromatic carbocycles. The first-order valence-corrected chi connectivity index (χ1v) is 7.67. The minimum atomic E-state index is -0.377. The summed E-state index contributed by atoms with van der Waals surface area (Å²) in [7, 11) is 1.66. The molecule has 0 aliphatic heterocycles. The largest absolute Gasteiger partial charge is 0.496 e. The third kappa shape index (κ3) is 4.29. The Morgan fingerprint density at radius 2 is 1.80 bits per heavy atom. The zero-order valence-corrected chi connectivity index (χ0v) is 12.7. The number of aliphatic hydroxyl groups is 1. The Labute approximate surface area is 124 Å². The van der Waals surface area contributed by atoms with Crippen LogP contribution < -0.4 is 4.74 Å². The Balaban J connectivity index is 1.89. The van der Waals surface area contributed by atoms with Crippen LogP contribution in [0.25, 0.3) is 0 Å². The van der Waals surface area contributed by atoms with E-state index in [1.54, 1.807) is 18.9 Å². The predicted octanol–water partition coefficient (Wildman–Crippen LogP) is 3.70. The first-order chi connectivity index (χ1) is 9.69. The molecule has 0 radical (unpaired) electrons. The number of aryl methyl sites for hydroxylation is 1. The number of aliphatic hydroxyl groups excluding tert-OH is 1. The van der Waals surface area contributed by atoms with Crippen molar-refractivity contribution in [2.75, 3.05) is 12.9 Å². The molecule has 2 nitrogen and oxygen atoms in total. The predicted molar refractivity (Wildman–Crippen MR) is 84.6 cm³/mol. The minimum Gasteiger partial charge on any atom is -0.496 e. The SMILES string of the molecule is COc1ccccc1CC(O)CSc1ccc(C)cc1. The summed E-state index contributed by atoms with van der Waals surface area (Å²) >= 11 is 1.68. The summed E-state index contributed by atoms with van der Waals surface area (Å²) < 4.78 is 5.30. The van der Waals surface area contributed by atoms with Gasteiger partial charge in [-0.1, -0.05) is 35.9 Å². The fraction of sp³-hybridized carbons (Fsp3) is 0.294. The van der Waals surface area contributed by atoms with E-state index in [0.29, 0.717) is 12.2 Å². The van der Waals surface area contributed by atoms with Gasteiger partial charge in [-0.3, -0.25) is 0 Å². The van der Waals surface area contributed by atoms with E-state index in [9.17, 15) is 5.11 Å². The lowest BCUT2D eigenvalue weighted by Gasteiger charge is -2.13. The molecule has 2 aromatic rings. The summed E-state index contributed by atoms with van der Waals surface area (Å²) in [6.45, 7) is 2.07. The molecule has 20 heavy (non-hydrogen) atoms. The van der Waals surface area contributed by atoms with Crippen LogP contribution >= 0.6 is 11.8 Å². The van der Waals surface area contributed by atoms with Gasteiger partial charge in [0.15, 0.2) is 0 Å². The normalized spacial score (nSPS) is 12.2. The number of rotatable bonds is 6. The van der Waals surface area contributed by atoms with Crippen molar-refractivity contribution in [3.63, 3.8) is 0 Å². The van der Waals surface area contributed by atoms with E-state index < -0.39 is 0 Å². The maximum absolute atomic E-state index is 10.2. The Hall–Kier alpha value is -1.45. The van der Waals surface area contributed by atoms with Crippen molar-refractivity contribution < 1.29 is 9.84 Å². The summed E-state index contributed by atoms with van der Waals surface area (Å²) in [5.74, 6) is 1.52. The van der Waals surface area contributed by atoms with Crippen molar-refractivity contribution in [2.45, 2.75) is 24.3 Å². The molecule has 106 valence electrons. The standard InChI is InChI=1S/C17H20O2S/c1-13-7-9-16(10-8-13)20-12-15(18)11-14-5-3-4-6-17(14)19-2/h3-10,15,18H,11-12H2,1-2H3. The van der Waals surface area contributed by atoms with Gasteiger partial charge in [-0.05, 0) is 30.7 Å². The van der Waals surface area contributed by atoms with Crippen LogP contribution in [0.5, 0.6) is 5.75 Å². The lowest BCUT2D eigenvalue weighted by atomic mass is 10.1. The summed E-state index contributed by atoms with van der Waals surface area (Å²) in [6, 6.07) is 16.2. The van der Waals surface area contributed by atoms with Gasteiger partial charge in [0.25, 0.3) is 0 Å². The van der Waals surface area contributed by atoms with E-state index in [-0.39, 0.29) is 6.10 Å². The van der Waals surface area contributed by atoms with Gasteiger partial charge in [0.1, 0.15) is 5.75 Å². The highest BCUT2D eigenvalue weighted by Gasteiger charge is 2.10. The number of ether oxygens (including phenoxy) is 1. The Bertz CT molecular complexity index is 537. The summed E-state index contributed by atoms with van der Waals surface area (Å²) in [5, 5.41) is 10.2. The molecule has 0 spiro atoms. The van der Waals surface area contributed by atoms with Crippen molar-refractivity contribution in [3.8, 4) is 5.75 Å². The molecule has 1 unspecified atom stereocenters. The lowest BCUT2D eigenvalue weighted by Crippen LogP contribution is -2.14. The maximum atomic E-state index is 10.2. The average Bonchev–Trinajstić information content (AvgIpc) is 2.47. The molecule has 0 saturated carbocycles. The molecule has 1 N–H and O–H groups in total. The molecule has 3 heteroatoms. The van der Waals surface area contributed by atoms with Crippen LogP contribution in [-0.4, -0.2) is 24.1 Å². The van der Waals surface area contributed by atoms with Crippen molar-refractivity contribution in [1.82, 2.24) is 0 Å². The molecule has 0 heterocycles. The van der Waals surface area contributed by atoms with E-state index >= 15 is 0 Å². The second-order valence-electron chi connectivity index (χ2n) is 4.79. The topological polar surface area (TPSA) is 29.5 Å². The van der Waals surface area contributed by atoms with Gasteiger partial charge in [-0.25, -0.2) is 0 Å². The molecule has 0 aliphatic carbocycles. The Kier molecular flexibility index (Phi) is 5.50. The van der Waals surface area contributed by atoms with E-state index in [0.717, 1.165) is 11.3 Å². The van der Waals surface area contributed by atoms with Crippen molar-refractivity contribution in [2.24, 2.45) is 0 Å². The average molecular weight is 288 g/mol. The quantitative estimate of drug-likeness (QED) is 0.822. The van der Waals surface area contributed by atoms with Crippen LogP contribution in [-0.2, 0) is 6.42 Å². The molecule has 2 rings (SSSR count). The Morgan fingerprint density at radius 1 is 1.10 bits per heavy atom. The molecule has 0 saturated heterocycles. The second-order valence-corrected chi connectivity index (χ2v) is 5.89. The third-order valence-corrected chi connectivity index (χ3v) is 4.27. The van der Waals surface area contributed by atoms with Gasteiger partial charge >= 0.3 is 0 Å². The van der Waals surface area contributed by atoms with E-state index in [4.69, 9.17) is 4.74 Å². The van der Waals surface area contributed by atoms with Crippen LogP contribution in [0.1, 0.15) is 11.1 Å². The molecule has 0 aromatic heterocycles. The number of benzene rings is 2. The smallest absolute Gasteiger partial charge is 0.122 e. The molecular formula is C17H20O2S. The highest BCUT2D eigenvalue weighted by atomic mass is 32.2. The van der Waals surface area contributed by atoms with Gasteiger partial charge in [-0.2, -0.15) is 0 Å². The minimum absolute atomic E-state index is 0.377. The van der Waals surface area contributed by atoms with Crippen LogP contribution in [0, 0.1) is 6.92 Å². The molecule has 0 amide bonds. The van der Waals surface area contributed by atoms with Crippen molar-refractivity contribution in [3.05, 3.63) is 59.7 Å². The van der Waals surface area contributed by atoms with Crippen molar-refractivity contribution >= 4 is 11.8 Å². The first-order valence-electron chi connectivity index (χ1n) is 6.68. The zero-order chi connectivity index (χ0) is 14.4. The molecule has 1 atom stereocenters. The van der Waals surface area contributed by atoms with Gasteiger partial charge in [0.2, 0.25) is 0 Å². The first kappa shape index (κ1) is 14.9. The molecule has 0 bridgehead atoms. The summed E-state index contributed by atoms with van der Waals surface area (Å²) in [5.41, 5.74) is 2.30. The molecule has 0 aliphatic rings. The fourth-order valence-electron chi connectivity index (χ4n) is 2.01. The summed E-state index contributed by atoms with van der Waals surface area (Å²) in [6.07, 6.45) is 0.237. The highest BCUT2D eigenvalue weighted by Crippen LogP contribution is 2.23. The summed E-state index contributed by atoms with van der Waals surface area (Å²) in [4.78, 5) is 1.19. The molecule has 0 fully saturated rings. The van der Waals surface area contributed by atoms with Crippen LogP contribution in [0.4, 0.5) is 0 Å². The van der Waals surface area contributed by atoms with Crippen LogP contribution in [0.3, 0.4) is 0 Å². The van der Waals surface area contributed by atoms with Gasteiger partial charge in [0, 0.05) is 17.1 Å². The van der Waals surface area contributed by atoms with Crippen LogP contribution in [0.15, 0.2) is 53.4 Å². The van der Waals surface area contributed by atoms with Crippen molar-refractivity contribution in [1.29, 1.82) is 0 Å². The number of methoxy groups -OCH3 is 1. The highest BCUT2D eigenvalue weighted by molar-refractivity contribution is 7.99. The molecular weight excluding hydrogens is 268 g/mol. The monoisotopic (exact) mass is 288 g/mol. The Morgan fingerprint density at radius 3 is 2.50 bits per heavy atom. The van der Waals surface area contributed by atoms with Gasteiger partial charge < -0.3 is 9.84 Å². The third-order valence-electron chi connectivity index (χ3n) is 3.11.